The van der Waals surface area contributed by atoms with E-state index in [1.165, 1.54) is 167 Å². The molecule has 0 radical (unpaired) electrons. The van der Waals surface area contributed by atoms with E-state index >= 15 is 0 Å². The van der Waals surface area contributed by atoms with Gasteiger partial charge in [0.1, 0.15) is 0 Å². The first-order chi connectivity index (χ1) is 23.6. The fourth-order valence-corrected chi connectivity index (χ4v) is 5.53. The average Bonchev–Trinajstić information content (AvgIpc) is 3.04. The molecule has 1 atom stereocenters. The monoisotopic (exact) mass is 725 g/mol. The van der Waals surface area contributed by atoms with Crippen LogP contribution in [0.1, 0.15) is 226 Å². The molecule has 50 heavy (non-hydrogen) atoms. The normalized spacial score (nSPS) is 10.9. The Hall–Kier alpha value is -1.39. The van der Waals surface area contributed by atoms with Gasteiger partial charge < -0.3 is 35.1 Å². The van der Waals surface area contributed by atoms with Crippen LogP contribution in [-0.4, -0.2) is 68.4 Å². The zero-order chi connectivity index (χ0) is 37.2. The predicted molar refractivity (Wildman–Crippen MR) is 201 cm³/mol. The third-order valence-corrected chi connectivity index (χ3v) is 8.62. The zero-order valence-electron chi connectivity index (χ0n) is 32.4. The molecule has 3 N–H and O–H groups in total. The minimum atomic E-state index is -1.79. The largest absolute Gasteiger partial charge is 2.00 e. The summed E-state index contributed by atoms with van der Waals surface area (Å²) in [5.41, 5.74) is 0. The molecule has 0 aliphatic rings. The number of rotatable bonds is 35. The number of aliphatic carboxylic acids is 4. The summed E-state index contributed by atoms with van der Waals surface area (Å²) >= 11 is 0. The van der Waals surface area contributed by atoms with Gasteiger partial charge in [0.15, 0.2) is 6.10 Å². The first-order valence-corrected chi connectivity index (χ1v) is 20.1. The van der Waals surface area contributed by atoms with Crippen molar-refractivity contribution in [2.24, 2.45) is 0 Å². The van der Waals surface area contributed by atoms with E-state index in [-0.39, 0.29) is 35.9 Å². The third kappa shape index (κ3) is 58.8. The van der Waals surface area contributed by atoms with Gasteiger partial charge in [0.25, 0.3) is 0 Å². The Bertz CT molecular complexity index is 690. The number of carboxylic acids is 4. The maximum Gasteiger partial charge on any atom is 2.00 e. The van der Waals surface area contributed by atoms with Gasteiger partial charge in [0.05, 0.1) is 6.42 Å². The molecule has 0 aliphatic heterocycles. The summed E-state index contributed by atoms with van der Waals surface area (Å²) in [7, 11) is 0. The first kappa shape index (κ1) is 55.4. The smallest absolute Gasteiger partial charge is 0.550 e. The number of hydrogen-bond acceptors (Lipinski definition) is 7. The van der Waals surface area contributed by atoms with Gasteiger partial charge in [-0.05, 0) is 25.7 Å². The summed E-state index contributed by atoms with van der Waals surface area (Å²) in [4.78, 5) is 39.9. The van der Waals surface area contributed by atoms with E-state index in [0.717, 1.165) is 25.7 Å². The molecule has 0 bridgehead atoms. The number of carbonyl (C=O) groups is 4. The Morgan fingerprint density at radius 2 is 0.620 bits per heavy atom. The molecular formula is C40H76MgO9. The Kier molecular flexibility index (Phi) is 52.7. The van der Waals surface area contributed by atoms with Crippen LogP contribution in [0.2, 0.25) is 0 Å². The standard InChI is InChI=1S/2C18H36O2.C4H6O5.Mg/c2*1-2-3-4-5-6-7-8-9-10-11-12-13-14-15-16-17-18(19)20;5-2(4(8)9)1-3(6)7;/h2*2-17H2,1H3,(H,19,20);2,5H,1H2,(H,6,7)(H,8,9);/q;;;+2/p-2. The van der Waals surface area contributed by atoms with E-state index in [1.54, 1.807) is 0 Å². The van der Waals surface area contributed by atoms with Crippen molar-refractivity contribution in [2.75, 3.05) is 0 Å². The Balaban J connectivity index is -0.000000336. The quantitative estimate of drug-likeness (QED) is 0.0427. The van der Waals surface area contributed by atoms with Gasteiger partial charge in [-0.2, -0.15) is 0 Å². The topological polar surface area (TPSA) is 175 Å². The fraction of sp³-hybridized carbons (Fsp3) is 0.900. The van der Waals surface area contributed by atoms with E-state index in [0.29, 0.717) is 0 Å². The molecule has 10 heteroatoms. The van der Waals surface area contributed by atoms with Crippen molar-refractivity contribution in [1.82, 2.24) is 0 Å². The Labute approximate surface area is 322 Å². The van der Waals surface area contributed by atoms with Gasteiger partial charge in [-0.15, -0.1) is 0 Å². The van der Waals surface area contributed by atoms with Gasteiger partial charge in [-0.1, -0.05) is 194 Å². The Morgan fingerprint density at radius 3 is 0.760 bits per heavy atom. The van der Waals surface area contributed by atoms with Gasteiger partial charge in [0.2, 0.25) is 0 Å². The second kappa shape index (κ2) is 47.6. The molecule has 0 saturated heterocycles. The molecule has 0 aromatic rings. The maximum absolute atomic E-state index is 10.2. The number of aliphatic hydroxyl groups excluding tert-OH is 1. The van der Waals surface area contributed by atoms with E-state index in [4.69, 9.17) is 15.3 Å². The maximum atomic E-state index is 10.2. The first-order valence-electron chi connectivity index (χ1n) is 20.1. The summed E-state index contributed by atoms with van der Waals surface area (Å²) in [6.45, 7) is 4.53. The van der Waals surface area contributed by atoms with Crippen LogP contribution in [0.25, 0.3) is 0 Å². The second-order valence-corrected chi connectivity index (χ2v) is 13.6. The predicted octanol–water partition coefficient (Wildman–Crippen LogP) is 8.52. The number of aliphatic hydroxyl groups is 1. The third-order valence-electron chi connectivity index (χ3n) is 8.62. The molecule has 0 amide bonds. The molecule has 0 fully saturated rings. The van der Waals surface area contributed by atoms with Crippen molar-refractivity contribution in [1.29, 1.82) is 0 Å². The van der Waals surface area contributed by atoms with E-state index in [1.807, 2.05) is 0 Å². The van der Waals surface area contributed by atoms with Crippen molar-refractivity contribution < 1.29 is 44.7 Å². The van der Waals surface area contributed by atoms with Crippen molar-refractivity contribution in [3.8, 4) is 0 Å². The van der Waals surface area contributed by atoms with Crippen LogP contribution in [-0.2, 0) is 19.2 Å². The second-order valence-electron chi connectivity index (χ2n) is 13.6. The Morgan fingerprint density at radius 1 is 0.420 bits per heavy atom. The molecule has 292 valence electrons. The molecule has 0 aliphatic carbocycles. The summed E-state index contributed by atoms with van der Waals surface area (Å²) in [5, 5.41) is 44.6. The van der Waals surface area contributed by atoms with E-state index < -0.39 is 36.4 Å². The molecule has 1 unspecified atom stereocenters. The van der Waals surface area contributed by atoms with E-state index in [9.17, 15) is 29.4 Å². The zero-order valence-corrected chi connectivity index (χ0v) is 33.8. The van der Waals surface area contributed by atoms with Crippen LogP contribution in [0.4, 0.5) is 0 Å². The summed E-state index contributed by atoms with van der Waals surface area (Å²) < 4.78 is 0. The van der Waals surface area contributed by atoms with Crippen LogP contribution in [0, 0.1) is 0 Å². The molecule has 0 saturated carbocycles. The van der Waals surface area contributed by atoms with Gasteiger partial charge >= 0.3 is 35.0 Å². The van der Waals surface area contributed by atoms with Crippen LogP contribution in [0.3, 0.4) is 0 Å². The molecule has 9 nitrogen and oxygen atoms in total. The minimum absolute atomic E-state index is 0. The van der Waals surface area contributed by atoms with Gasteiger partial charge in [0, 0.05) is 11.9 Å². The molecule has 0 spiro atoms. The van der Waals surface area contributed by atoms with Crippen molar-refractivity contribution in [3.05, 3.63) is 0 Å². The van der Waals surface area contributed by atoms with Gasteiger partial charge in [-0.3, -0.25) is 4.79 Å². The molecule has 0 rings (SSSR count). The average molecular weight is 725 g/mol. The SMILES string of the molecule is CCCCCCCCCCCCCCCCCC(=O)[O-].CCCCCCCCCCCCCCCCCC(=O)[O-].O=C(O)CC(O)C(=O)O.[Mg+2]. The summed E-state index contributed by atoms with van der Waals surface area (Å²) in [6.07, 6.45) is 37.2. The minimum Gasteiger partial charge on any atom is -0.550 e. The fourth-order valence-electron chi connectivity index (χ4n) is 5.53. The van der Waals surface area contributed by atoms with Crippen molar-refractivity contribution in [2.45, 2.75) is 232 Å². The van der Waals surface area contributed by atoms with Crippen LogP contribution >= 0.6 is 0 Å². The molecule has 0 aromatic heterocycles. The van der Waals surface area contributed by atoms with E-state index in [2.05, 4.69) is 13.8 Å². The van der Waals surface area contributed by atoms with Crippen molar-refractivity contribution in [3.63, 3.8) is 0 Å². The van der Waals surface area contributed by atoms with Gasteiger partial charge in [-0.25, -0.2) is 4.79 Å². The van der Waals surface area contributed by atoms with Crippen LogP contribution in [0.5, 0.6) is 0 Å². The van der Waals surface area contributed by atoms with Crippen LogP contribution < -0.4 is 10.2 Å². The molecular weight excluding hydrogens is 649 g/mol. The number of carbonyl (C=O) groups excluding carboxylic acids is 2. The number of unbranched alkanes of at least 4 members (excludes halogenated alkanes) is 28. The summed E-state index contributed by atoms with van der Waals surface area (Å²) in [5.74, 6) is -4.65. The van der Waals surface area contributed by atoms with Crippen molar-refractivity contribution >= 4 is 46.9 Å². The molecule has 0 heterocycles. The molecule has 0 aromatic carbocycles. The van der Waals surface area contributed by atoms with Crippen LogP contribution in [0.15, 0.2) is 0 Å². The summed E-state index contributed by atoms with van der Waals surface area (Å²) in [6, 6.07) is 0. The number of carboxylic acid groups (broad SMARTS) is 4. The number of hydrogen-bond donors (Lipinski definition) is 3.